The van der Waals surface area contributed by atoms with Crippen molar-refractivity contribution in [2.45, 2.75) is 6.92 Å². The van der Waals surface area contributed by atoms with Crippen molar-refractivity contribution in [1.29, 1.82) is 0 Å². The number of carbonyl (C=O) groups is 2. The Kier molecular flexibility index (Phi) is 6.01. The third kappa shape index (κ3) is 4.93. The van der Waals surface area contributed by atoms with Gasteiger partial charge < -0.3 is 10.1 Å². The highest BCUT2D eigenvalue weighted by molar-refractivity contribution is 6.30. The van der Waals surface area contributed by atoms with Gasteiger partial charge >= 0.3 is 0 Å². The maximum absolute atomic E-state index is 13.0. The molecule has 0 heterocycles. The Labute approximate surface area is 185 Å². The van der Waals surface area contributed by atoms with Crippen molar-refractivity contribution in [2.24, 2.45) is 0 Å². The molecule has 31 heavy (non-hydrogen) atoms. The summed E-state index contributed by atoms with van der Waals surface area (Å²) in [4.78, 5) is 25.6. The number of hydrogen-bond donors (Lipinski definition) is 1. The molecular formula is C26H20ClNO3. The molecule has 0 aromatic heterocycles. The van der Waals surface area contributed by atoms with E-state index < -0.39 is 0 Å². The topological polar surface area (TPSA) is 55.4 Å². The molecule has 0 bridgehead atoms. The molecule has 4 aromatic rings. The number of carbonyl (C=O) groups excluding carboxylic acids is 2. The first kappa shape index (κ1) is 20.6. The Morgan fingerprint density at radius 1 is 0.871 bits per heavy atom. The van der Waals surface area contributed by atoms with Crippen LogP contribution in [0.15, 0.2) is 84.9 Å². The first-order valence-electron chi connectivity index (χ1n) is 9.82. The normalized spacial score (nSPS) is 10.6. The number of amides is 1. The number of ether oxygens (including phenoxy) is 1. The highest BCUT2D eigenvalue weighted by Gasteiger charge is 2.16. The van der Waals surface area contributed by atoms with Crippen LogP contribution in [0.4, 0.5) is 5.69 Å². The Hall–Kier alpha value is -3.63. The lowest BCUT2D eigenvalue weighted by Gasteiger charge is -2.13. The molecule has 0 saturated carbocycles. The van der Waals surface area contributed by atoms with E-state index in [-0.39, 0.29) is 18.3 Å². The first-order chi connectivity index (χ1) is 15.0. The number of halogens is 1. The van der Waals surface area contributed by atoms with Crippen LogP contribution in [0.2, 0.25) is 5.02 Å². The number of Topliss-reactive ketones (excluding diaryl/α,β-unsaturated/α-hetero) is 1. The fourth-order valence-corrected chi connectivity index (χ4v) is 3.34. The maximum atomic E-state index is 13.0. The molecule has 0 saturated heterocycles. The zero-order valence-corrected chi connectivity index (χ0v) is 17.6. The second kappa shape index (κ2) is 9.02. The molecule has 4 rings (SSSR count). The molecule has 1 amide bonds. The lowest BCUT2D eigenvalue weighted by molar-refractivity contribution is 0.0914. The van der Waals surface area contributed by atoms with Crippen molar-refractivity contribution >= 4 is 39.8 Å². The molecule has 0 aliphatic heterocycles. The number of aryl methyl sites for hydroxylation is 1. The van der Waals surface area contributed by atoms with Crippen molar-refractivity contribution in [3.63, 3.8) is 0 Å². The van der Waals surface area contributed by atoms with Gasteiger partial charge in [-0.15, -0.1) is 0 Å². The third-order valence-electron chi connectivity index (χ3n) is 4.93. The fourth-order valence-electron chi connectivity index (χ4n) is 3.21. The summed E-state index contributed by atoms with van der Waals surface area (Å²) in [5, 5.41) is 5.28. The summed E-state index contributed by atoms with van der Waals surface area (Å²) in [7, 11) is 0. The van der Waals surface area contributed by atoms with Crippen LogP contribution >= 0.6 is 11.6 Å². The minimum absolute atomic E-state index is 0.190. The smallest absolute Gasteiger partial charge is 0.259 e. The van der Waals surface area contributed by atoms with Crippen LogP contribution in [-0.4, -0.2) is 18.3 Å². The van der Waals surface area contributed by atoms with Crippen LogP contribution in [0.3, 0.4) is 0 Å². The molecule has 5 heteroatoms. The highest BCUT2D eigenvalue weighted by atomic mass is 35.5. The molecule has 0 radical (unpaired) electrons. The second-order valence-corrected chi connectivity index (χ2v) is 7.67. The fraction of sp³-hybridized carbons (Fsp3) is 0.0769. The Balaban J connectivity index is 1.61. The molecule has 4 aromatic carbocycles. The summed E-state index contributed by atoms with van der Waals surface area (Å²) >= 11 is 5.89. The lowest BCUT2D eigenvalue weighted by atomic mass is 10.0. The van der Waals surface area contributed by atoms with Crippen LogP contribution in [0.25, 0.3) is 10.8 Å². The Morgan fingerprint density at radius 2 is 1.52 bits per heavy atom. The predicted octanol–water partition coefficient (Wildman–Crippen LogP) is 6.32. The molecule has 0 aliphatic carbocycles. The SMILES string of the molecule is Cc1ccc(NC(=O)c2cc3ccccc3cc2OCC(=O)c2ccc(Cl)cc2)cc1. The Bertz CT molecular complexity index is 1250. The standard InChI is InChI=1S/C26H20ClNO3/c1-17-6-12-22(13-7-17)28-26(30)23-14-19-4-2-3-5-20(19)15-25(23)31-16-24(29)18-8-10-21(27)11-9-18/h2-15H,16H2,1H3,(H,28,30). The minimum Gasteiger partial charge on any atom is -0.485 e. The van der Waals surface area contributed by atoms with E-state index in [1.165, 1.54) is 0 Å². The third-order valence-corrected chi connectivity index (χ3v) is 5.18. The van der Waals surface area contributed by atoms with Gasteiger partial charge in [0, 0.05) is 16.3 Å². The molecule has 0 spiro atoms. The second-order valence-electron chi connectivity index (χ2n) is 7.23. The number of ketones is 1. The van der Waals surface area contributed by atoms with E-state index in [4.69, 9.17) is 16.3 Å². The molecule has 0 aliphatic rings. The van der Waals surface area contributed by atoms with Gasteiger partial charge in [0.25, 0.3) is 5.91 Å². The summed E-state index contributed by atoms with van der Waals surface area (Å²) in [6, 6.07) is 25.4. The van der Waals surface area contributed by atoms with Gasteiger partial charge in [-0.2, -0.15) is 0 Å². The number of anilines is 1. The lowest BCUT2D eigenvalue weighted by Crippen LogP contribution is -2.16. The van der Waals surface area contributed by atoms with Crippen molar-refractivity contribution in [3.8, 4) is 5.75 Å². The average molecular weight is 430 g/mol. The van der Waals surface area contributed by atoms with E-state index >= 15 is 0 Å². The van der Waals surface area contributed by atoms with Gasteiger partial charge in [-0.25, -0.2) is 0 Å². The quantitative estimate of drug-likeness (QED) is 0.365. The number of hydrogen-bond acceptors (Lipinski definition) is 3. The summed E-state index contributed by atoms with van der Waals surface area (Å²) in [6.07, 6.45) is 0. The van der Waals surface area contributed by atoms with Gasteiger partial charge in [-0.1, -0.05) is 53.6 Å². The summed E-state index contributed by atoms with van der Waals surface area (Å²) < 4.78 is 5.83. The van der Waals surface area contributed by atoms with Crippen molar-refractivity contribution in [3.05, 3.63) is 107 Å². The minimum atomic E-state index is -0.302. The van der Waals surface area contributed by atoms with Crippen LogP contribution in [0.1, 0.15) is 26.3 Å². The number of nitrogens with one attached hydrogen (secondary N) is 1. The van der Waals surface area contributed by atoms with E-state index in [1.807, 2.05) is 55.5 Å². The monoisotopic (exact) mass is 429 g/mol. The van der Waals surface area contributed by atoms with E-state index in [9.17, 15) is 9.59 Å². The Morgan fingerprint density at radius 3 is 2.19 bits per heavy atom. The van der Waals surface area contributed by atoms with Crippen LogP contribution in [0, 0.1) is 6.92 Å². The predicted molar refractivity (Wildman–Crippen MR) is 124 cm³/mol. The largest absolute Gasteiger partial charge is 0.485 e. The zero-order valence-electron chi connectivity index (χ0n) is 16.9. The zero-order chi connectivity index (χ0) is 21.8. The van der Waals surface area contributed by atoms with E-state index in [1.54, 1.807) is 36.4 Å². The number of rotatable bonds is 6. The van der Waals surface area contributed by atoms with Gasteiger partial charge in [0.2, 0.25) is 0 Å². The van der Waals surface area contributed by atoms with Crippen molar-refractivity contribution in [1.82, 2.24) is 0 Å². The molecule has 0 fully saturated rings. The van der Waals surface area contributed by atoms with Crippen molar-refractivity contribution in [2.75, 3.05) is 11.9 Å². The number of benzene rings is 4. The molecule has 0 unspecified atom stereocenters. The van der Waals surface area contributed by atoms with Crippen molar-refractivity contribution < 1.29 is 14.3 Å². The number of fused-ring (bicyclic) bond motifs is 1. The molecule has 1 N–H and O–H groups in total. The van der Waals surface area contributed by atoms with Gasteiger partial charge in [0.05, 0.1) is 5.56 Å². The van der Waals surface area contributed by atoms with Gasteiger partial charge in [-0.05, 0) is 66.2 Å². The highest BCUT2D eigenvalue weighted by Crippen LogP contribution is 2.27. The van der Waals surface area contributed by atoms with E-state index in [2.05, 4.69) is 5.32 Å². The molecule has 154 valence electrons. The molecular weight excluding hydrogens is 410 g/mol. The summed E-state index contributed by atoms with van der Waals surface area (Å²) in [5.41, 5.74) is 2.65. The van der Waals surface area contributed by atoms with E-state index in [0.29, 0.717) is 27.6 Å². The average Bonchev–Trinajstić information content (AvgIpc) is 2.78. The van der Waals surface area contributed by atoms with Gasteiger partial charge in [0.1, 0.15) is 5.75 Å². The van der Waals surface area contributed by atoms with Crippen LogP contribution in [-0.2, 0) is 0 Å². The van der Waals surface area contributed by atoms with Crippen LogP contribution < -0.4 is 10.1 Å². The summed E-state index contributed by atoms with van der Waals surface area (Å²) in [6.45, 7) is 1.79. The van der Waals surface area contributed by atoms with Gasteiger partial charge in [0.15, 0.2) is 12.4 Å². The van der Waals surface area contributed by atoms with E-state index in [0.717, 1.165) is 16.3 Å². The van der Waals surface area contributed by atoms with Gasteiger partial charge in [-0.3, -0.25) is 9.59 Å². The first-order valence-corrected chi connectivity index (χ1v) is 10.2. The van der Waals surface area contributed by atoms with Crippen LogP contribution in [0.5, 0.6) is 5.75 Å². The maximum Gasteiger partial charge on any atom is 0.259 e. The molecule has 0 atom stereocenters. The molecule has 4 nitrogen and oxygen atoms in total. The summed E-state index contributed by atoms with van der Waals surface area (Å²) in [5.74, 6) is -0.149.